The lowest BCUT2D eigenvalue weighted by Crippen LogP contribution is -2.36. The van der Waals surface area contributed by atoms with Crippen LogP contribution in [0.5, 0.6) is 0 Å². The molecule has 2 aromatic carbocycles. The van der Waals surface area contributed by atoms with Crippen molar-refractivity contribution in [2.24, 2.45) is 0 Å². The van der Waals surface area contributed by atoms with E-state index in [1.165, 1.54) is 28.6 Å². The van der Waals surface area contributed by atoms with Gasteiger partial charge in [-0.15, -0.1) is 0 Å². The van der Waals surface area contributed by atoms with E-state index in [1.807, 2.05) is 13.0 Å². The van der Waals surface area contributed by atoms with E-state index in [0.717, 1.165) is 5.56 Å². The fraction of sp³-hybridized carbons (Fsp3) is 0.250. The highest BCUT2D eigenvalue weighted by atomic mass is 32.2. The molecule has 1 heterocycles. The summed E-state index contributed by atoms with van der Waals surface area (Å²) in [6.45, 7) is 1.98. The number of aryl methyl sites for hydroxylation is 1. The summed E-state index contributed by atoms with van der Waals surface area (Å²) in [5.74, 6) is -0.493. The highest BCUT2D eigenvalue weighted by molar-refractivity contribution is 7.92. The van der Waals surface area contributed by atoms with Gasteiger partial charge >= 0.3 is 0 Å². The van der Waals surface area contributed by atoms with E-state index in [4.69, 9.17) is 0 Å². The predicted octanol–water partition coefficient (Wildman–Crippen LogP) is 2.77. The van der Waals surface area contributed by atoms with Crippen LogP contribution in [0.15, 0.2) is 47.4 Å². The number of hydrogen-bond acceptors (Lipinski definition) is 3. The number of anilines is 1. The molecule has 4 nitrogen and oxygen atoms in total. The molecule has 0 radical (unpaired) electrons. The van der Waals surface area contributed by atoms with Crippen molar-refractivity contribution in [1.82, 2.24) is 0 Å². The molecule has 1 aliphatic heterocycles. The van der Waals surface area contributed by atoms with Gasteiger partial charge in [-0.3, -0.25) is 4.31 Å². The van der Waals surface area contributed by atoms with E-state index >= 15 is 0 Å². The van der Waals surface area contributed by atoms with Crippen LogP contribution in [0.4, 0.5) is 10.1 Å². The van der Waals surface area contributed by atoms with Crippen molar-refractivity contribution in [2.75, 3.05) is 10.8 Å². The summed E-state index contributed by atoms with van der Waals surface area (Å²) < 4.78 is 40.3. The standard InChI is InChI=1S/C16H16FNO3S/c1-11-3-2-4-13(9-11)22(20,21)18-8-7-16(19)14-10-12(17)5-6-15(14)18/h2-6,9-10,16,19H,7-8H2,1H3. The third kappa shape index (κ3) is 2.48. The molecule has 0 amide bonds. The van der Waals surface area contributed by atoms with E-state index in [9.17, 15) is 17.9 Å². The van der Waals surface area contributed by atoms with Gasteiger partial charge in [-0.25, -0.2) is 12.8 Å². The van der Waals surface area contributed by atoms with Gasteiger partial charge in [-0.1, -0.05) is 12.1 Å². The molecule has 1 N–H and O–H groups in total. The van der Waals surface area contributed by atoms with Crippen LogP contribution in [0, 0.1) is 12.7 Å². The lowest BCUT2D eigenvalue weighted by atomic mass is 10.0. The van der Waals surface area contributed by atoms with Gasteiger partial charge in [0.1, 0.15) is 5.82 Å². The summed E-state index contributed by atoms with van der Waals surface area (Å²) in [5, 5.41) is 10.00. The minimum Gasteiger partial charge on any atom is -0.388 e. The highest BCUT2D eigenvalue weighted by Crippen LogP contribution is 2.37. The van der Waals surface area contributed by atoms with E-state index < -0.39 is 21.9 Å². The fourth-order valence-corrected chi connectivity index (χ4v) is 4.30. The van der Waals surface area contributed by atoms with Crippen LogP contribution in [-0.4, -0.2) is 20.1 Å². The summed E-state index contributed by atoms with van der Waals surface area (Å²) in [4.78, 5) is 0.194. The SMILES string of the molecule is Cc1cccc(S(=O)(=O)N2CCC(O)c3cc(F)ccc32)c1. The zero-order chi connectivity index (χ0) is 15.9. The number of rotatable bonds is 2. The third-order valence-corrected chi connectivity index (χ3v) is 5.61. The summed E-state index contributed by atoms with van der Waals surface area (Å²) >= 11 is 0. The first kappa shape index (κ1) is 15.0. The van der Waals surface area contributed by atoms with Gasteiger partial charge in [0.2, 0.25) is 0 Å². The van der Waals surface area contributed by atoms with Crippen LogP contribution >= 0.6 is 0 Å². The number of hydrogen-bond donors (Lipinski definition) is 1. The molecule has 0 saturated carbocycles. The summed E-state index contributed by atoms with van der Waals surface area (Å²) in [5.41, 5.74) is 1.49. The summed E-state index contributed by atoms with van der Waals surface area (Å²) in [6, 6.07) is 10.4. The zero-order valence-corrected chi connectivity index (χ0v) is 12.8. The Labute approximate surface area is 128 Å². The molecule has 0 saturated heterocycles. The van der Waals surface area contributed by atoms with E-state index in [1.54, 1.807) is 12.1 Å². The molecule has 0 aromatic heterocycles. The Morgan fingerprint density at radius 2 is 2.00 bits per heavy atom. The smallest absolute Gasteiger partial charge is 0.264 e. The van der Waals surface area contributed by atoms with Gasteiger partial charge in [0.15, 0.2) is 0 Å². The lowest BCUT2D eigenvalue weighted by Gasteiger charge is -2.33. The quantitative estimate of drug-likeness (QED) is 0.925. The Bertz CT molecular complexity index is 820. The van der Waals surface area contributed by atoms with Crippen molar-refractivity contribution in [3.63, 3.8) is 0 Å². The molecule has 1 aliphatic rings. The Kier molecular flexibility index (Phi) is 3.66. The van der Waals surface area contributed by atoms with Crippen molar-refractivity contribution in [3.05, 3.63) is 59.4 Å². The molecular formula is C16H16FNO3S. The molecule has 1 unspecified atom stereocenters. The highest BCUT2D eigenvalue weighted by Gasteiger charge is 2.32. The zero-order valence-electron chi connectivity index (χ0n) is 12.0. The minimum absolute atomic E-state index is 0.163. The number of aliphatic hydroxyl groups excluding tert-OH is 1. The molecule has 2 aromatic rings. The first-order valence-corrected chi connectivity index (χ1v) is 8.40. The number of benzene rings is 2. The van der Waals surface area contributed by atoms with E-state index in [2.05, 4.69) is 0 Å². The average Bonchev–Trinajstić information content (AvgIpc) is 2.48. The van der Waals surface area contributed by atoms with Crippen LogP contribution in [0.25, 0.3) is 0 Å². The Balaban J connectivity index is 2.12. The molecule has 0 fully saturated rings. The number of aliphatic hydroxyl groups is 1. The largest absolute Gasteiger partial charge is 0.388 e. The second-order valence-electron chi connectivity index (χ2n) is 5.40. The van der Waals surface area contributed by atoms with Gasteiger partial charge in [0, 0.05) is 12.1 Å². The summed E-state index contributed by atoms with van der Waals surface area (Å²) in [7, 11) is -3.73. The molecule has 0 spiro atoms. The molecule has 116 valence electrons. The molecule has 0 bridgehead atoms. The van der Waals surface area contributed by atoms with Crippen molar-refractivity contribution in [1.29, 1.82) is 0 Å². The van der Waals surface area contributed by atoms with Gasteiger partial charge in [-0.05, 0) is 49.2 Å². The third-order valence-electron chi connectivity index (χ3n) is 3.80. The number of sulfonamides is 1. The normalized spacial score (nSPS) is 18.1. The average molecular weight is 321 g/mol. The Hall–Kier alpha value is -1.92. The number of halogens is 1. The van der Waals surface area contributed by atoms with Crippen LogP contribution in [-0.2, 0) is 10.0 Å². The van der Waals surface area contributed by atoms with Crippen molar-refractivity contribution < 1.29 is 17.9 Å². The monoisotopic (exact) mass is 321 g/mol. The molecule has 1 atom stereocenters. The maximum atomic E-state index is 13.4. The second kappa shape index (κ2) is 5.37. The molecule has 0 aliphatic carbocycles. The van der Waals surface area contributed by atoms with Crippen molar-refractivity contribution >= 4 is 15.7 Å². The van der Waals surface area contributed by atoms with Crippen molar-refractivity contribution in [2.45, 2.75) is 24.3 Å². The van der Waals surface area contributed by atoms with Crippen LogP contribution < -0.4 is 4.31 Å². The van der Waals surface area contributed by atoms with Crippen LogP contribution in [0.1, 0.15) is 23.7 Å². The first-order chi connectivity index (χ1) is 10.4. The van der Waals surface area contributed by atoms with Gasteiger partial charge in [0.25, 0.3) is 10.0 Å². The topological polar surface area (TPSA) is 57.6 Å². The molecular weight excluding hydrogens is 305 g/mol. The van der Waals surface area contributed by atoms with E-state index in [0.29, 0.717) is 11.3 Å². The van der Waals surface area contributed by atoms with Crippen molar-refractivity contribution in [3.8, 4) is 0 Å². The molecule has 6 heteroatoms. The second-order valence-corrected chi connectivity index (χ2v) is 7.26. The lowest BCUT2D eigenvalue weighted by molar-refractivity contribution is 0.166. The molecule has 3 rings (SSSR count). The maximum Gasteiger partial charge on any atom is 0.264 e. The Morgan fingerprint density at radius 3 is 2.73 bits per heavy atom. The first-order valence-electron chi connectivity index (χ1n) is 6.96. The van der Waals surface area contributed by atoms with Crippen LogP contribution in [0.3, 0.4) is 0 Å². The van der Waals surface area contributed by atoms with Gasteiger partial charge in [0.05, 0.1) is 16.7 Å². The molecule has 22 heavy (non-hydrogen) atoms. The number of fused-ring (bicyclic) bond motifs is 1. The van der Waals surface area contributed by atoms with Gasteiger partial charge < -0.3 is 5.11 Å². The van der Waals surface area contributed by atoms with E-state index in [-0.39, 0.29) is 17.9 Å². The maximum absolute atomic E-state index is 13.4. The van der Waals surface area contributed by atoms with Gasteiger partial charge in [-0.2, -0.15) is 0 Å². The summed E-state index contributed by atoms with van der Waals surface area (Å²) in [6.07, 6.45) is -0.615. The van der Waals surface area contributed by atoms with Crippen LogP contribution in [0.2, 0.25) is 0 Å². The minimum atomic E-state index is -3.73. The fourth-order valence-electron chi connectivity index (χ4n) is 2.69. The predicted molar refractivity (Wildman–Crippen MR) is 81.7 cm³/mol. The Morgan fingerprint density at radius 1 is 1.23 bits per heavy atom. The number of nitrogens with zero attached hydrogens (tertiary/aromatic N) is 1.